The molecule has 4 rings (SSSR count). The van der Waals surface area contributed by atoms with Gasteiger partial charge in [-0.15, -0.1) is 0 Å². The summed E-state index contributed by atoms with van der Waals surface area (Å²) < 4.78 is 75.5. The highest BCUT2D eigenvalue weighted by Crippen LogP contribution is 2.62. The fourth-order valence-corrected chi connectivity index (χ4v) is 8.40. The third-order valence-electron chi connectivity index (χ3n) is 9.06. The Morgan fingerprint density at radius 3 is 2.51 bits per heavy atom. The van der Waals surface area contributed by atoms with Gasteiger partial charge >= 0.3 is 12.1 Å². The second-order valence-corrected chi connectivity index (χ2v) is 12.8. The average Bonchev–Trinajstić information content (AvgIpc) is 3.07. The molecule has 3 aliphatic rings. The highest BCUT2D eigenvalue weighted by Gasteiger charge is 2.57. The van der Waals surface area contributed by atoms with E-state index in [9.17, 15) is 36.4 Å². The molecule has 0 amide bonds. The zero-order valence-corrected chi connectivity index (χ0v) is 20.8. The molecule has 2 fully saturated rings. The number of rotatable bonds is 8. The van der Waals surface area contributed by atoms with Crippen molar-refractivity contribution < 1.29 is 36.4 Å². The smallest absolute Gasteiger partial charge is 0.453 e. The minimum absolute atomic E-state index is 0.111. The molecule has 0 heterocycles. The number of aliphatic hydroxyl groups excluding tert-OH is 1. The summed E-state index contributed by atoms with van der Waals surface area (Å²) in [4.78, 5) is 0. The summed E-state index contributed by atoms with van der Waals surface area (Å²) in [6.45, 7) is 2.20. The van der Waals surface area contributed by atoms with Gasteiger partial charge in [-0.3, -0.25) is 4.21 Å². The molecule has 2 N–H and O–H groups in total. The standard InChI is InChI=1S/C26H35F5O3S/c1-24-11-9-20-19-6-5-18(32)15-17(19)14-16(23(20)21(24)7-8-22(24)33)4-2-12-35(34)13-3-10-25(27,28)26(29,30)31/h5-6,15-16,20-23,32-33H,2-4,7-14H2,1H3. The van der Waals surface area contributed by atoms with Crippen molar-refractivity contribution in [1.29, 1.82) is 0 Å². The number of alkyl halides is 5. The van der Waals surface area contributed by atoms with Crippen molar-refractivity contribution in [3.8, 4) is 5.75 Å². The second kappa shape index (κ2) is 9.92. The molecule has 198 valence electrons. The Balaban J connectivity index is 1.39. The summed E-state index contributed by atoms with van der Waals surface area (Å²) in [5.41, 5.74) is 2.30. The molecule has 0 aliphatic heterocycles. The molecule has 0 saturated heterocycles. The van der Waals surface area contributed by atoms with Gasteiger partial charge in [-0.1, -0.05) is 13.0 Å². The van der Waals surface area contributed by atoms with E-state index in [1.807, 2.05) is 12.1 Å². The molecule has 1 aromatic rings. The molecular formula is C26H35F5O3S. The van der Waals surface area contributed by atoms with Crippen molar-refractivity contribution in [2.45, 2.75) is 88.8 Å². The van der Waals surface area contributed by atoms with Crippen LogP contribution in [0.15, 0.2) is 18.2 Å². The van der Waals surface area contributed by atoms with Crippen LogP contribution >= 0.6 is 0 Å². The van der Waals surface area contributed by atoms with Crippen LogP contribution in [0.2, 0.25) is 0 Å². The summed E-state index contributed by atoms with van der Waals surface area (Å²) in [6.07, 6.45) is -1.76. The summed E-state index contributed by atoms with van der Waals surface area (Å²) in [5.74, 6) is -2.99. The lowest BCUT2D eigenvalue weighted by molar-refractivity contribution is -0.284. The Hall–Kier alpha value is -1.22. The van der Waals surface area contributed by atoms with Crippen molar-refractivity contribution in [2.75, 3.05) is 11.5 Å². The maximum absolute atomic E-state index is 13.1. The normalized spacial score (nSPS) is 33.6. The zero-order valence-electron chi connectivity index (χ0n) is 20.0. The minimum Gasteiger partial charge on any atom is -0.508 e. The molecule has 0 aromatic heterocycles. The number of fused-ring (bicyclic) bond motifs is 5. The molecule has 0 radical (unpaired) electrons. The molecule has 2 saturated carbocycles. The average molecular weight is 523 g/mol. The van der Waals surface area contributed by atoms with Crippen LogP contribution in [-0.4, -0.2) is 44.1 Å². The summed E-state index contributed by atoms with van der Waals surface area (Å²) in [7, 11) is -1.44. The fraction of sp³-hybridized carbons (Fsp3) is 0.769. The third kappa shape index (κ3) is 5.27. The van der Waals surface area contributed by atoms with E-state index in [2.05, 4.69) is 6.92 Å². The van der Waals surface area contributed by atoms with Gasteiger partial charge in [0.1, 0.15) is 5.75 Å². The molecule has 1 aromatic carbocycles. The van der Waals surface area contributed by atoms with E-state index in [1.54, 1.807) is 6.07 Å². The van der Waals surface area contributed by atoms with E-state index in [1.165, 1.54) is 5.56 Å². The molecule has 9 heteroatoms. The second-order valence-electron chi connectivity index (χ2n) is 11.1. The van der Waals surface area contributed by atoms with Crippen molar-refractivity contribution in [3.05, 3.63) is 29.3 Å². The van der Waals surface area contributed by atoms with Crippen molar-refractivity contribution in [1.82, 2.24) is 0 Å². The van der Waals surface area contributed by atoms with Gasteiger partial charge in [0.15, 0.2) is 0 Å². The first-order valence-corrected chi connectivity index (χ1v) is 14.1. The molecule has 35 heavy (non-hydrogen) atoms. The Bertz CT molecular complexity index is 936. The fourth-order valence-electron chi connectivity index (χ4n) is 7.24. The largest absolute Gasteiger partial charge is 0.508 e. The number of hydrogen-bond acceptors (Lipinski definition) is 3. The van der Waals surface area contributed by atoms with Crippen LogP contribution in [0, 0.1) is 23.2 Å². The van der Waals surface area contributed by atoms with Gasteiger partial charge < -0.3 is 10.2 Å². The van der Waals surface area contributed by atoms with E-state index in [4.69, 9.17) is 0 Å². The van der Waals surface area contributed by atoms with Gasteiger partial charge in [-0.05, 0) is 104 Å². The lowest BCUT2D eigenvalue weighted by Crippen LogP contribution is -2.47. The summed E-state index contributed by atoms with van der Waals surface area (Å²) >= 11 is 0. The van der Waals surface area contributed by atoms with Gasteiger partial charge in [-0.25, -0.2) is 0 Å². The van der Waals surface area contributed by atoms with Crippen LogP contribution in [0.25, 0.3) is 0 Å². The van der Waals surface area contributed by atoms with E-state index in [0.29, 0.717) is 24.2 Å². The number of phenolic OH excluding ortho intramolecular Hbond substituents is 1. The van der Waals surface area contributed by atoms with E-state index in [-0.39, 0.29) is 34.7 Å². The van der Waals surface area contributed by atoms with E-state index >= 15 is 0 Å². The maximum atomic E-state index is 13.1. The van der Waals surface area contributed by atoms with Gasteiger partial charge in [0.25, 0.3) is 0 Å². The first kappa shape index (κ1) is 26.8. The molecule has 3 aliphatic carbocycles. The van der Waals surface area contributed by atoms with Crippen LogP contribution in [0.4, 0.5) is 22.0 Å². The SMILES string of the molecule is CC12CCC3c4ccc(O)cc4CC(CCCS(=O)CCCC(F)(F)C(F)(F)F)C3C1CCC2O. The monoisotopic (exact) mass is 522 g/mol. The number of benzene rings is 1. The van der Waals surface area contributed by atoms with Gasteiger partial charge in [0.2, 0.25) is 0 Å². The van der Waals surface area contributed by atoms with Crippen molar-refractivity contribution in [2.24, 2.45) is 23.2 Å². The lowest BCUT2D eigenvalue weighted by Gasteiger charge is -2.53. The van der Waals surface area contributed by atoms with Crippen LogP contribution in [0.5, 0.6) is 5.75 Å². The number of aromatic hydroxyl groups is 1. The summed E-state index contributed by atoms with van der Waals surface area (Å²) in [5, 5.41) is 20.8. The van der Waals surface area contributed by atoms with E-state index < -0.39 is 35.7 Å². The topological polar surface area (TPSA) is 57.5 Å². The van der Waals surface area contributed by atoms with Crippen molar-refractivity contribution in [3.63, 3.8) is 0 Å². The number of hydrogen-bond donors (Lipinski definition) is 2. The quantitative estimate of drug-likeness (QED) is 0.392. The van der Waals surface area contributed by atoms with Crippen LogP contribution in [-0.2, 0) is 17.2 Å². The van der Waals surface area contributed by atoms with Crippen LogP contribution < -0.4 is 0 Å². The maximum Gasteiger partial charge on any atom is 0.453 e. The Morgan fingerprint density at radius 1 is 1.09 bits per heavy atom. The molecular weight excluding hydrogens is 487 g/mol. The lowest BCUT2D eigenvalue weighted by atomic mass is 9.52. The molecule has 0 spiro atoms. The highest BCUT2D eigenvalue weighted by molar-refractivity contribution is 7.84. The van der Waals surface area contributed by atoms with Gasteiger partial charge in [0, 0.05) is 28.7 Å². The summed E-state index contributed by atoms with van der Waals surface area (Å²) in [6, 6.07) is 5.59. The first-order valence-electron chi connectivity index (χ1n) is 12.6. The molecule has 0 bridgehead atoms. The number of halogens is 5. The molecule has 7 atom stereocenters. The zero-order chi connectivity index (χ0) is 25.6. The van der Waals surface area contributed by atoms with E-state index in [0.717, 1.165) is 44.1 Å². The molecule has 3 nitrogen and oxygen atoms in total. The van der Waals surface area contributed by atoms with Gasteiger partial charge in [-0.2, -0.15) is 22.0 Å². The first-order chi connectivity index (χ1) is 16.3. The van der Waals surface area contributed by atoms with Gasteiger partial charge in [0.05, 0.1) is 6.10 Å². The Kier molecular flexibility index (Phi) is 7.60. The van der Waals surface area contributed by atoms with Crippen LogP contribution in [0.1, 0.15) is 75.3 Å². The Morgan fingerprint density at radius 2 is 1.80 bits per heavy atom. The predicted octanol–water partition coefficient (Wildman–Crippen LogP) is 6.34. The third-order valence-corrected chi connectivity index (χ3v) is 10.5. The van der Waals surface area contributed by atoms with Crippen LogP contribution in [0.3, 0.4) is 0 Å². The highest BCUT2D eigenvalue weighted by atomic mass is 32.2. The predicted molar refractivity (Wildman–Crippen MR) is 125 cm³/mol. The number of aliphatic hydroxyl groups is 1. The van der Waals surface area contributed by atoms with Crippen molar-refractivity contribution >= 4 is 10.8 Å². The number of phenols is 1. The minimum atomic E-state index is -5.57. The molecule has 7 unspecified atom stereocenters. The Labute approximate surface area is 206 Å².